The van der Waals surface area contributed by atoms with Crippen LogP contribution in [0.25, 0.3) is 0 Å². The lowest BCUT2D eigenvalue weighted by Crippen LogP contribution is -2.53. The zero-order chi connectivity index (χ0) is 19.8. The second-order valence-corrected chi connectivity index (χ2v) is 8.35. The summed E-state index contributed by atoms with van der Waals surface area (Å²) in [5.74, 6) is 1.33. The minimum Gasteiger partial charge on any atom is -0.454 e. The summed E-state index contributed by atoms with van der Waals surface area (Å²) < 4.78 is 16.2. The number of ether oxygens (including phenoxy) is 3. The Morgan fingerprint density at radius 1 is 1.15 bits per heavy atom. The predicted octanol–water partition coefficient (Wildman–Crippen LogP) is 2.85. The molecule has 7 heteroatoms. The number of fused-ring (bicyclic) bond motifs is 2. The molecule has 7 nitrogen and oxygen atoms in total. The number of nitrogens with one attached hydrogen (secondary N) is 1. The topological polar surface area (TPSA) is 77.1 Å². The monoisotopic (exact) mass is 376 g/mol. The molecule has 27 heavy (non-hydrogen) atoms. The quantitative estimate of drug-likeness (QED) is 0.878. The van der Waals surface area contributed by atoms with E-state index in [1.54, 1.807) is 25.7 Å². The van der Waals surface area contributed by atoms with E-state index in [2.05, 4.69) is 5.32 Å². The molecule has 0 spiro atoms. The van der Waals surface area contributed by atoms with E-state index >= 15 is 0 Å². The van der Waals surface area contributed by atoms with Crippen molar-refractivity contribution < 1.29 is 23.8 Å². The smallest absolute Gasteiger partial charge is 0.408 e. The lowest BCUT2D eigenvalue weighted by Gasteiger charge is -2.33. The van der Waals surface area contributed by atoms with E-state index in [1.807, 2.05) is 26.0 Å². The first-order valence-corrected chi connectivity index (χ1v) is 9.34. The third kappa shape index (κ3) is 4.46. The van der Waals surface area contributed by atoms with Gasteiger partial charge in [-0.2, -0.15) is 0 Å². The predicted molar refractivity (Wildman–Crippen MR) is 99.7 cm³/mol. The minimum absolute atomic E-state index is 0.0526. The molecule has 0 aromatic heterocycles. The molecule has 2 amide bonds. The number of rotatable bonds is 3. The van der Waals surface area contributed by atoms with E-state index in [-0.39, 0.29) is 18.6 Å². The van der Waals surface area contributed by atoms with Crippen LogP contribution in [-0.2, 0) is 22.5 Å². The summed E-state index contributed by atoms with van der Waals surface area (Å²) in [7, 11) is 0. The summed E-state index contributed by atoms with van der Waals surface area (Å²) in [6.07, 6.45) is 0.171. The van der Waals surface area contributed by atoms with Crippen molar-refractivity contribution in [2.75, 3.05) is 13.3 Å². The Kier molecular flexibility index (Phi) is 5.22. The summed E-state index contributed by atoms with van der Waals surface area (Å²) in [4.78, 5) is 27.0. The summed E-state index contributed by atoms with van der Waals surface area (Å²) in [6, 6.07) is 3.32. The molecule has 3 rings (SSSR count). The van der Waals surface area contributed by atoms with Crippen molar-refractivity contribution in [1.82, 2.24) is 10.2 Å². The normalized spacial score (nSPS) is 16.7. The maximum Gasteiger partial charge on any atom is 0.408 e. The first-order chi connectivity index (χ1) is 12.6. The van der Waals surface area contributed by atoms with Gasteiger partial charge in [0.1, 0.15) is 11.6 Å². The Morgan fingerprint density at radius 3 is 2.37 bits per heavy atom. The van der Waals surface area contributed by atoms with Gasteiger partial charge in [-0.05, 0) is 56.4 Å². The molecule has 1 aromatic rings. The largest absolute Gasteiger partial charge is 0.454 e. The van der Waals surface area contributed by atoms with Crippen LogP contribution in [0.5, 0.6) is 11.5 Å². The zero-order valence-corrected chi connectivity index (χ0v) is 16.6. The fraction of sp³-hybridized carbons (Fsp3) is 0.600. The summed E-state index contributed by atoms with van der Waals surface area (Å²) in [6.45, 7) is 10.5. The van der Waals surface area contributed by atoms with E-state index in [0.29, 0.717) is 13.1 Å². The van der Waals surface area contributed by atoms with Crippen LogP contribution >= 0.6 is 0 Å². The number of carbonyl (C=O) groups is 2. The molecule has 0 radical (unpaired) electrons. The molecular formula is C20H28N2O5. The lowest BCUT2D eigenvalue weighted by atomic mass is 9.96. The van der Waals surface area contributed by atoms with Gasteiger partial charge in [0.05, 0.1) is 0 Å². The molecule has 2 aliphatic heterocycles. The van der Waals surface area contributed by atoms with Crippen molar-refractivity contribution in [2.45, 2.75) is 59.2 Å². The van der Waals surface area contributed by atoms with Gasteiger partial charge in [-0.15, -0.1) is 0 Å². The SMILES string of the molecule is CC(C)C(NC(=O)OC(C)(C)C)C(=O)N1CCc2cc3c(cc2C1)OCO3. The second kappa shape index (κ2) is 7.29. The Bertz CT molecular complexity index is 739. The van der Waals surface area contributed by atoms with E-state index < -0.39 is 17.7 Å². The number of hydrogen-bond donors (Lipinski definition) is 1. The molecule has 0 saturated carbocycles. The molecule has 2 aliphatic rings. The first kappa shape index (κ1) is 19.3. The maximum atomic E-state index is 13.1. The average Bonchev–Trinajstić information content (AvgIpc) is 3.01. The average molecular weight is 376 g/mol. The fourth-order valence-electron chi connectivity index (χ4n) is 3.28. The maximum absolute atomic E-state index is 13.1. The van der Waals surface area contributed by atoms with Gasteiger partial charge < -0.3 is 24.4 Å². The molecule has 0 saturated heterocycles. The van der Waals surface area contributed by atoms with Gasteiger partial charge in [0.25, 0.3) is 0 Å². The van der Waals surface area contributed by atoms with Gasteiger partial charge in [-0.3, -0.25) is 4.79 Å². The third-order valence-corrected chi connectivity index (χ3v) is 4.62. The molecule has 0 bridgehead atoms. The lowest BCUT2D eigenvalue weighted by molar-refractivity contribution is -0.135. The van der Waals surface area contributed by atoms with Crippen molar-refractivity contribution in [2.24, 2.45) is 5.92 Å². The highest BCUT2D eigenvalue weighted by atomic mass is 16.7. The van der Waals surface area contributed by atoms with Gasteiger partial charge >= 0.3 is 6.09 Å². The summed E-state index contributed by atoms with van der Waals surface area (Å²) in [5.41, 5.74) is 1.62. The van der Waals surface area contributed by atoms with Crippen LogP contribution < -0.4 is 14.8 Å². The summed E-state index contributed by atoms with van der Waals surface area (Å²) in [5, 5.41) is 2.74. The molecule has 1 unspecified atom stereocenters. The van der Waals surface area contributed by atoms with Gasteiger partial charge in [-0.1, -0.05) is 13.8 Å². The number of carbonyl (C=O) groups excluding carboxylic acids is 2. The second-order valence-electron chi connectivity index (χ2n) is 8.35. The Balaban J connectivity index is 1.71. The van der Waals surface area contributed by atoms with Gasteiger partial charge in [0, 0.05) is 13.1 Å². The summed E-state index contributed by atoms with van der Waals surface area (Å²) >= 11 is 0. The van der Waals surface area contributed by atoms with Crippen molar-refractivity contribution in [3.63, 3.8) is 0 Å². The van der Waals surface area contributed by atoms with Crippen LogP contribution in [0.2, 0.25) is 0 Å². The van der Waals surface area contributed by atoms with Gasteiger partial charge in [-0.25, -0.2) is 4.79 Å². The van der Waals surface area contributed by atoms with Crippen LogP contribution in [0.3, 0.4) is 0 Å². The molecule has 2 heterocycles. The van der Waals surface area contributed by atoms with Crippen LogP contribution in [0.4, 0.5) is 4.79 Å². The Labute approximate surface area is 160 Å². The van der Waals surface area contributed by atoms with Crippen LogP contribution in [0.1, 0.15) is 45.7 Å². The van der Waals surface area contributed by atoms with Crippen LogP contribution in [0.15, 0.2) is 12.1 Å². The molecule has 0 fully saturated rings. The highest BCUT2D eigenvalue weighted by Crippen LogP contribution is 2.36. The fourth-order valence-corrected chi connectivity index (χ4v) is 3.28. The molecule has 1 N–H and O–H groups in total. The van der Waals surface area contributed by atoms with Crippen LogP contribution in [0, 0.1) is 5.92 Å². The van der Waals surface area contributed by atoms with E-state index in [0.717, 1.165) is 23.5 Å². The number of amides is 2. The highest BCUT2D eigenvalue weighted by Gasteiger charge is 2.32. The Morgan fingerprint density at radius 2 is 1.78 bits per heavy atom. The van der Waals surface area contributed by atoms with Crippen molar-refractivity contribution >= 4 is 12.0 Å². The van der Waals surface area contributed by atoms with Gasteiger partial charge in [0.2, 0.25) is 12.7 Å². The molecule has 1 aromatic carbocycles. The number of hydrogen-bond acceptors (Lipinski definition) is 5. The zero-order valence-electron chi connectivity index (χ0n) is 16.6. The van der Waals surface area contributed by atoms with E-state index in [4.69, 9.17) is 14.2 Å². The third-order valence-electron chi connectivity index (χ3n) is 4.62. The molecule has 0 aliphatic carbocycles. The molecular weight excluding hydrogens is 348 g/mol. The van der Waals surface area contributed by atoms with Crippen LogP contribution in [-0.4, -0.2) is 41.9 Å². The number of nitrogens with zero attached hydrogens (tertiary/aromatic N) is 1. The molecule has 1 atom stereocenters. The van der Waals surface area contributed by atoms with Crippen molar-refractivity contribution in [3.8, 4) is 11.5 Å². The number of benzene rings is 1. The van der Waals surface area contributed by atoms with Gasteiger partial charge in [0.15, 0.2) is 11.5 Å². The number of alkyl carbamates (subject to hydrolysis) is 1. The van der Waals surface area contributed by atoms with Crippen molar-refractivity contribution in [3.05, 3.63) is 23.3 Å². The van der Waals surface area contributed by atoms with Crippen molar-refractivity contribution in [1.29, 1.82) is 0 Å². The van der Waals surface area contributed by atoms with E-state index in [9.17, 15) is 9.59 Å². The Hall–Kier alpha value is -2.44. The molecule has 148 valence electrons. The first-order valence-electron chi connectivity index (χ1n) is 9.34. The standard InChI is InChI=1S/C20H28N2O5/c1-12(2)17(21-19(24)27-20(3,4)5)18(23)22-7-6-13-8-15-16(26-11-25-15)9-14(13)10-22/h8-9,12,17H,6-7,10-11H2,1-5H3,(H,21,24). The highest BCUT2D eigenvalue weighted by molar-refractivity contribution is 5.86. The minimum atomic E-state index is -0.629. The van der Waals surface area contributed by atoms with E-state index in [1.165, 1.54) is 5.56 Å².